The fraction of sp³-hybridized carbons (Fsp3) is 0.231. The molecule has 0 heterocycles. The molecule has 35 heavy (non-hydrogen) atoms. The summed E-state index contributed by atoms with van der Waals surface area (Å²) in [6.07, 6.45) is 0. The van der Waals surface area contributed by atoms with Crippen molar-refractivity contribution in [3.8, 4) is 0 Å². The van der Waals surface area contributed by atoms with Gasteiger partial charge in [0.25, 0.3) is 15.9 Å². The first-order valence-electron chi connectivity index (χ1n) is 10.9. The van der Waals surface area contributed by atoms with Gasteiger partial charge in [0.2, 0.25) is 5.91 Å². The van der Waals surface area contributed by atoms with Crippen molar-refractivity contribution in [1.82, 2.24) is 5.32 Å². The van der Waals surface area contributed by atoms with E-state index in [9.17, 15) is 18.0 Å². The second-order valence-corrected chi connectivity index (χ2v) is 11.3. The van der Waals surface area contributed by atoms with Crippen LogP contribution < -0.4 is 14.9 Å². The van der Waals surface area contributed by atoms with Gasteiger partial charge in [0, 0.05) is 10.6 Å². The monoisotopic (exact) mass is 513 g/mol. The molecule has 0 aliphatic rings. The second kappa shape index (κ2) is 10.5. The molecule has 0 aliphatic heterocycles. The lowest BCUT2D eigenvalue weighted by Crippen LogP contribution is -2.41. The van der Waals surface area contributed by atoms with Crippen LogP contribution in [0.3, 0.4) is 0 Å². The number of carbonyl (C=O) groups is 2. The lowest BCUT2D eigenvalue weighted by atomic mass is 10.1. The summed E-state index contributed by atoms with van der Waals surface area (Å²) in [6.45, 7) is 6.73. The molecule has 0 unspecified atom stereocenters. The van der Waals surface area contributed by atoms with Crippen molar-refractivity contribution in [3.05, 3.63) is 88.9 Å². The molecule has 0 saturated carbocycles. The minimum atomic E-state index is -4.10. The van der Waals surface area contributed by atoms with E-state index in [0.29, 0.717) is 10.6 Å². The van der Waals surface area contributed by atoms with Crippen molar-refractivity contribution in [2.45, 2.75) is 38.1 Å². The SMILES string of the molecule is Cc1c(Cl)cccc1N(CC(=O)Nc1ccccc1C(=O)NC(C)(C)C)S(=O)(=O)c1ccccc1. The van der Waals surface area contributed by atoms with Crippen LogP contribution in [-0.2, 0) is 14.8 Å². The molecule has 0 aliphatic carbocycles. The highest BCUT2D eigenvalue weighted by Crippen LogP contribution is 2.31. The Morgan fingerprint density at radius 3 is 2.20 bits per heavy atom. The molecule has 0 fully saturated rings. The van der Waals surface area contributed by atoms with Gasteiger partial charge in [-0.05, 0) is 69.7 Å². The topological polar surface area (TPSA) is 95.6 Å². The van der Waals surface area contributed by atoms with Crippen molar-refractivity contribution in [1.29, 1.82) is 0 Å². The zero-order valence-corrected chi connectivity index (χ0v) is 21.6. The van der Waals surface area contributed by atoms with Crippen LogP contribution in [0.4, 0.5) is 11.4 Å². The summed E-state index contributed by atoms with van der Waals surface area (Å²) in [4.78, 5) is 25.9. The summed E-state index contributed by atoms with van der Waals surface area (Å²) in [5.74, 6) is -0.965. The number of hydrogen-bond donors (Lipinski definition) is 2. The molecule has 0 radical (unpaired) electrons. The van der Waals surface area contributed by atoms with Gasteiger partial charge < -0.3 is 10.6 Å². The molecule has 0 saturated heterocycles. The largest absolute Gasteiger partial charge is 0.347 e. The molecule has 9 heteroatoms. The predicted molar refractivity (Wildman–Crippen MR) is 139 cm³/mol. The molecule has 0 aromatic heterocycles. The van der Waals surface area contributed by atoms with Crippen molar-refractivity contribution in [3.63, 3.8) is 0 Å². The lowest BCUT2D eigenvalue weighted by molar-refractivity contribution is -0.114. The van der Waals surface area contributed by atoms with E-state index in [-0.39, 0.29) is 27.7 Å². The summed E-state index contributed by atoms with van der Waals surface area (Å²) in [5.41, 5.74) is 0.881. The quantitative estimate of drug-likeness (QED) is 0.464. The highest BCUT2D eigenvalue weighted by molar-refractivity contribution is 7.92. The Morgan fingerprint density at radius 1 is 0.914 bits per heavy atom. The number of carbonyl (C=O) groups excluding carboxylic acids is 2. The molecule has 2 amide bonds. The summed E-state index contributed by atoms with van der Waals surface area (Å²) >= 11 is 6.26. The van der Waals surface area contributed by atoms with Gasteiger partial charge in [0.05, 0.1) is 21.8 Å². The predicted octanol–water partition coefficient (Wildman–Crippen LogP) is 5.01. The molecule has 3 rings (SSSR count). The Balaban J connectivity index is 1.96. The smallest absolute Gasteiger partial charge is 0.264 e. The maximum absolute atomic E-state index is 13.6. The van der Waals surface area contributed by atoms with Crippen LogP contribution in [-0.4, -0.2) is 32.3 Å². The van der Waals surface area contributed by atoms with Gasteiger partial charge in [-0.2, -0.15) is 0 Å². The van der Waals surface area contributed by atoms with Gasteiger partial charge >= 0.3 is 0 Å². The molecule has 3 aromatic carbocycles. The molecule has 0 atom stereocenters. The van der Waals surface area contributed by atoms with Gasteiger partial charge in [0.15, 0.2) is 0 Å². The van der Waals surface area contributed by atoms with Crippen molar-refractivity contribution in [2.24, 2.45) is 0 Å². The van der Waals surface area contributed by atoms with Gasteiger partial charge in [-0.3, -0.25) is 13.9 Å². The van der Waals surface area contributed by atoms with E-state index >= 15 is 0 Å². The van der Waals surface area contributed by atoms with Gasteiger partial charge in [-0.25, -0.2) is 8.42 Å². The fourth-order valence-corrected chi connectivity index (χ4v) is 5.07. The minimum absolute atomic E-state index is 0.0390. The number of benzene rings is 3. The Labute approximate surface area is 211 Å². The maximum Gasteiger partial charge on any atom is 0.264 e. The molecular weight excluding hydrogens is 486 g/mol. The van der Waals surface area contributed by atoms with Crippen LogP contribution in [0.2, 0.25) is 5.02 Å². The third-order valence-electron chi connectivity index (χ3n) is 5.06. The molecule has 7 nitrogen and oxygen atoms in total. The highest BCUT2D eigenvalue weighted by atomic mass is 35.5. The van der Waals surface area contributed by atoms with Crippen LogP contribution >= 0.6 is 11.6 Å². The number of anilines is 2. The zero-order valence-electron chi connectivity index (χ0n) is 20.0. The van der Waals surface area contributed by atoms with E-state index in [1.54, 1.807) is 67.6 Å². The Kier molecular flexibility index (Phi) is 7.87. The summed E-state index contributed by atoms with van der Waals surface area (Å²) in [6, 6.07) is 19.3. The maximum atomic E-state index is 13.6. The minimum Gasteiger partial charge on any atom is -0.347 e. The van der Waals surface area contributed by atoms with Crippen molar-refractivity contribution >= 4 is 44.8 Å². The second-order valence-electron chi connectivity index (χ2n) is 9.01. The number of nitrogens with one attached hydrogen (secondary N) is 2. The number of hydrogen-bond acceptors (Lipinski definition) is 4. The highest BCUT2D eigenvalue weighted by Gasteiger charge is 2.29. The molecule has 0 bridgehead atoms. The molecule has 2 N–H and O–H groups in total. The molecule has 184 valence electrons. The number of halogens is 1. The lowest BCUT2D eigenvalue weighted by Gasteiger charge is -2.26. The first kappa shape index (κ1) is 26.2. The number of sulfonamides is 1. The number of nitrogens with zero attached hydrogens (tertiary/aromatic N) is 1. The van der Waals surface area contributed by atoms with Gasteiger partial charge in [-0.15, -0.1) is 0 Å². The van der Waals surface area contributed by atoms with E-state index in [4.69, 9.17) is 11.6 Å². The molecular formula is C26H28ClN3O4S. The number of rotatable bonds is 7. The third kappa shape index (κ3) is 6.41. The van der Waals surface area contributed by atoms with Crippen LogP contribution in [0, 0.1) is 6.92 Å². The van der Waals surface area contributed by atoms with Crippen LogP contribution in [0.5, 0.6) is 0 Å². The normalized spacial score (nSPS) is 11.6. The third-order valence-corrected chi connectivity index (χ3v) is 7.24. The first-order chi connectivity index (χ1) is 16.4. The van der Waals surface area contributed by atoms with Gasteiger partial charge in [0.1, 0.15) is 6.54 Å². The van der Waals surface area contributed by atoms with E-state index in [1.165, 1.54) is 12.1 Å². The average molecular weight is 514 g/mol. The standard InChI is InChI=1S/C26H28ClN3O4S/c1-18-21(27)14-10-16-23(18)30(35(33,34)19-11-6-5-7-12-19)17-24(31)28-22-15-9-8-13-20(22)25(32)29-26(2,3)4/h5-16H,17H2,1-4H3,(H,28,31)(H,29,32). The van der Waals surface area contributed by atoms with E-state index < -0.39 is 28.0 Å². The number of para-hydroxylation sites is 1. The summed E-state index contributed by atoms with van der Waals surface area (Å²) in [5, 5.41) is 5.94. The Hall–Kier alpha value is -3.36. The first-order valence-corrected chi connectivity index (χ1v) is 12.8. The van der Waals surface area contributed by atoms with Crippen LogP contribution in [0.1, 0.15) is 36.7 Å². The number of amides is 2. The van der Waals surface area contributed by atoms with Crippen molar-refractivity contribution < 1.29 is 18.0 Å². The Bertz CT molecular complexity index is 1340. The van der Waals surface area contributed by atoms with E-state index in [0.717, 1.165) is 4.31 Å². The molecule has 0 spiro atoms. The molecule has 3 aromatic rings. The zero-order chi connectivity index (χ0) is 25.8. The van der Waals surface area contributed by atoms with Crippen LogP contribution in [0.25, 0.3) is 0 Å². The summed E-state index contributed by atoms with van der Waals surface area (Å²) < 4.78 is 28.1. The van der Waals surface area contributed by atoms with E-state index in [2.05, 4.69) is 10.6 Å². The van der Waals surface area contributed by atoms with Crippen LogP contribution in [0.15, 0.2) is 77.7 Å². The Morgan fingerprint density at radius 2 is 1.54 bits per heavy atom. The van der Waals surface area contributed by atoms with Crippen molar-refractivity contribution in [2.75, 3.05) is 16.2 Å². The fourth-order valence-electron chi connectivity index (χ4n) is 3.40. The van der Waals surface area contributed by atoms with Gasteiger partial charge in [-0.1, -0.05) is 48.0 Å². The summed E-state index contributed by atoms with van der Waals surface area (Å²) in [7, 11) is -4.10. The average Bonchev–Trinajstić information content (AvgIpc) is 2.79. The van der Waals surface area contributed by atoms with E-state index in [1.807, 2.05) is 20.8 Å².